The van der Waals surface area contributed by atoms with E-state index in [2.05, 4.69) is 25.8 Å². The van der Waals surface area contributed by atoms with Crippen LogP contribution < -0.4 is 0 Å². The number of ether oxygens (including phenoxy) is 1. The lowest BCUT2D eigenvalue weighted by molar-refractivity contribution is 0.0587. The summed E-state index contributed by atoms with van der Waals surface area (Å²) in [5.41, 5.74) is 0.308. The largest absolute Gasteiger partial charge is 0.464 e. The minimum atomic E-state index is -0.469. The Balaban J connectivity index is 3.22. The first-order valence-electron chi connectivity index (χ1n) is 3.04. The fraction of sp³-hybridized carbons (Fsp3) is 0.333. The van der Waals surface area contributed by atoms with Gasteiger partial charge in [0.2, 0.25) is 0 Å². The van der Waals surface area contributed by atoms with Crippen LogP contribution in [-0.2, 0) is 11.8 Å². The summed E-state index contributed by atoms with van der Waals surface area (Å²) in [7, 11) is 2.92. The third-order valence-electron chi connectivity index (χ3n) is 1.33. The second-order valence-electron chi connectivity index (χ2n) is 2.07. The molecular weight excluding hydrogens is 247 g/mol. The number of carbonyl (C=O) groups excluding carboxylic acids is 1. The number of hydrogen-bond acceptors (Lipinski definition) is 3. The zero-order chi connectivity index (χ0) is 9.30. The number of aromatic nitrogens is 2. The predicted molar refractivity (Wildman–Crippen MR) is 47.3 cm³/mol. The molecule has 0 aromatic carbocycles. The molecule has 0 saturated carbocycles. The van der Waals surface area contributed by atoms with Gasteiger partial charge in [-0.1, -0.05) is 11.6 Å². The Hall–Kier alpha value is -0.550. The molecule has 0 radical (unpaired) electrons. The van der Waals surface area contributed by atoms with Crippen LogP contribution in [0.4, 0.5) is 0 Å². The number of nitrogens with zero attached hydrogens (tertiary/aromatic N) is 2. The van der Waals surface area contributed by atoms with Crippen molar-refractivity contribution >= 4 is 33.5 Å². The van der Waals surface area contributed by atoms with E-state index in [1.165, 1.54) is 11.8 Å². The van der Waals surface area contributed by atoms with Gasteiger partial charge in [0.25, 0.3) is 0 Å². The van der Waals surface area contributed by atoms with E-state index in [1.807, 2.05) is 0 Å². The molecule has 1 aromatic heterocycles. The van der Waals surface area contributed by atoms with Gasteiger partial charge in [-0.25, -0.2) is 4.79 Å². The Morgan fingerprint density at radius 1 is 1.75 bits per heavy atom. The molecule has 12 heavy (non-hydrogen) atoms. The Morgan fingerprint density at radius 3 is 2.67 bits per heavy atom. The lowest BCUT2D eigenvalue weighted by atomic mass is 10.4. The summed E-state index contributed by atoms with van der Waals surface area (Å²) in [6.45, 7) is 0. The number of halogens is 2. The molecule has 0 aliphatic carbocycles. The van der Waals surface area contributed by atoms with Crippen molar-refractivity contribution in [1.82, 2.24) is 9.78 Å². The number of esters is 1. The Bertz CT molecular complexity index is 324. The zero-order valence-corrected chi connectivity index (χ0v) is 8.81. The van der Waals surface area contributed by atoms with E-state index in [0.29, 0.717) is 10.2 Å². The summed E-state index contributed by atoms with van der Waals surface area (Å²) in [6, 6.07) is 0. The summed E-state index contributed by atoms with van der Waals surface area (Å²) in [4.78, 5) is 11.1. The van der Waals surface area contributed by atoms with Crippen LogP contribution in [0.25, 0.3) is 0 Å². The molecule has 4 nitrogen and oxygen atoms in total. The molecule has 0 aliphatic heterocycles. The first-order chi connectivity index (χ1) is 5.57. The predicted octanol–water partition coefficient (Wildman–Crippen LogP) is 1.62. The van der Waals surface area contributed by atoms with Gasteiger partial charge < -0.3 is 4.74 Å². The normalized spacial score (nSPS) is 10.0. The zero-order valence-electron chi connectivity index (χ0n) is 6.47. The molecule has 0 N–H and O–H groups in total. The van der Waals surface area contributed by atoms with Crippen LogP contribution in [0.1, 0.15) is 10.5 Å². The highest BCUT2D eigenvalue weighted by Crippen LogP contribution is 2.25. The first-order valence-corrected chi connectivity index (χ1v) is 4.21. The lowest BCUT2D eigenvalue weighted by Crippen LogP contribution is -2.08. The molecular formula is C6H6BrClN2O2. The topological polar surface area (TPSA) is 44.1 Å². The van der Waals surface area contributed by atoms with E-state index in [9.17, 15) is 4.79 Å². The van der Waals surface area contributed by atoms with Crippen molar-refractivity contribution in [2.45, 2.75) is 0 Å². The monoisotopic (exact) mass is 252 g/mol. The Morgan fingerprint density at radius 2 is 2.33 bits per heavy atom. The minimum Gasteiger partial charge on any atom is -0.464 e. The number of aryl methyl sites for hydroxylation is 1. The molecule has 0 atom stereocenters. The highest BCUT2D eigenvalue weighted by molar-refractivity contribution is 9.10. The molecule has 1 aromatic rings. The van der Waals surface area contributed by atoms with Crippen LogP contribution in [0.3, 0.4) is 0 Å². The van der Waals surface area contributed by atoms with E-state index < -0.39 is 5.97 Å². The minimum absolute atomic E-state index is 0.248. The van der Waals surface area contributed by atoms with Crippen LogP contribution in [-0.4, -0.2) is 22.9 Å². The number of methoxy groups -OCH3 is 1. The van der Waals surface area contributed by atoms with Gasteiger partial charge in [0.05, 0.1) is 11.6 Å². The van der Waals surface area contributed by atoms with Crippen molar-refractivity contribution in [2.24, 2.45) is 7.05 Å². The third kappa shape index (κ3) is 1.47. The molecule has 0 saturated heterocycles. The number of rotatable bonds is 1. The molecule has 0 unspecified atom stereocenters. The van der Waals surface area contributed by atoms with E-state index in [4.69, 9.17) is 11.6 Å². The molecule has 0 aliphatic rings. The SMILES string of the molecule is COC(=O)c1c(Br)c(Cl)nn1C. The van der Waals surface area contributed by atoms with Crippen LogP contribution in [0.2, 0.25) is 5.15 Å². The summed E-state index contributed by atoms with van der Waals surface area (Å²) in [5.74, 6) is -0.469. The van der Waals surface area contributed by atoms with Crippen molar-refractivity contribution in [3.05, 3.63) is 15.3 Å². The molecule has 1 rings (SSSR count). The van der Waals surface area contributed by atoms with Crippen molar-refractivity contribution in [2.75, 3.05) is 7.11 Å². The second kappa shape index (κ2) is 3.45. The van der Waals surface area contributed by atoms with Gasteiger partial charge >= 0.3 is 5.97 Å². The van der Waals surface area contributed by atoms with Gasteiger partial charge in [0, 0.05) is 7.05 Å². The molecule has 0 spiro atoms. The van der Waals surface area contributed by atoms with Crippen molar-refractivity contribution in [3.8, 4) is 0 Å². The van der Waals surface area contributed by atoms with Crippen LogP contribution in [0.15, 0.2) is 4.47 Å². The van der Waals surface area contributed by atoms with Gasteiger partial charge in [-0.15, -0.1) is 0 Å². The maximum Gasteiger partial charge on any atom is 0.357 e. The highest BCUT2D eigenvalue weighted by atomic mass is 79.9. The average Bonchev–Trinajstić information content (AvgIpc) is 2.26. The smallest absolute Gasteiger partial charge is 0.357 e. The summed E-state index contributed by atoms with van der Waals surface area (Å²) in [6.07, 6.45) is 0. The van der Waals surface area contributed by atoms with Crippen molar-refractivity contribution < 1.29 is 9.53 Å². The first kappa shape index (κ1) is 9.54. The molecule has 0 amide bonds. The summed E-state index contributed by atoms with van der Waals surface area (Å²) in [5, 5.41) is 4.06. The molecule has 6 heteroatoms. The maximum absolute atomic E-state index is 11.1. The fourth-order valence-electron chi connectivity index (χ4n) is 0.784. The van der Waals surface area contributed by atoms with E-state index in [1.54, 1.807) is 7.05 Å². The maximum atomic E-state index is 11.1. The molecule has 1 heterocycles. The van der Waals surface area contributed by atoms with Gasteiger partial charge in [-0.05, 0) is 15.9 Å². The Kier molecular flexibility index (Phi) is 2.74. The average molecular weight is 253 g/mol. The van der Waals surface area contributed by atoms with Gasteiger partial charge in [0.1, 0.15) is 0 Å². The number of carbonyl (C=O) groups is 1. The van der Waals surface area contributed by atoms with Crippen LogP contribution in [0.5, 0.6) is 0 Å². The van der Waals surface area contributed by atoms with E-state index in [-0.39, 0.29) is 5.15 Å². The van der Waals surface area contributed by atoms with E-state index >= 15 is 0 Å². The van der Waals surface area contributed by atoms with Gasteiger partial charge in [-0.3, -0.25) is 4.68 Å². The van der Waals surface area contributed by atoms with Crippen molar-refractivity contribution in [3.63, 3.8) is 0 Å². The van der Waals surface area contributed by atoms with Crippen LogP contribution in [0, 0.1) is 0 Å². The molecule has 0 fully saturated rings. The number of hydrogen-bond donors (Lipinski definition) is 0. The standard InChI is InChI=1S/C6H6BrClN2O2/c1-10-4(6(11)12-2)3(7)5(8)9-10/h1-2H3. The van der Waals surface area contributed by atoms with Gasteiger partial charge in [0.15, 0.2) is 10.8 Å². The highest BCUT2D eigenvalue weighted by Gasteiger charge is 2.19. The Labute approximate surface area is 82.6 Å². The quantitative estimate of drug-likeness (QED) is 0.715. The fourth-order valence-corrected chi connectivity index (χ4v) is 1.48. The van der Waals surface area contributed by atoms with E-state index in [0.717, 1.165) is 0 Å². The summed E-state index contributed by atoms with van der Waals surface area (Å²) < 4.78 is 6.34. The van der Waals surface area contributed by atoms with Crippen LogP contribution >= 0.6 is 27.5 Å². The second-order valence-corrected chi connectivity index (χ2v) is 3.22. The summed E-state index contributed by atoms with van der Waals surface area (Å²) >= 11 is 8.78. The van der Waals surface area contributed by atoms with Crippen molar-refractivity contribution in [1.29, 1.82) is 0 Å². The van der Waals surface area contributed by atoms with Gasteiger partial charge in [-0.2, -0.15) is 5.10 Å². The lowest BCUT2D eigenvalue weighted by Gasteiger charge is -1.98. The molecule has 66 valence electrons. The molecule has 0 bridgehead atoms. The third-order valence-corrected chi connectivity index (χ3v) is 2.57.